The first-order valence-electron chi connectivity index (χ1n) is 8.96. The number of hydrogen-bond acceptors (Lipinski definition) is 1. The Morgan fingerprint density at radius 3 is 2.58 bits per heavy atom. The number of aliphatic hydroxyl groups is 1. The molecule has 1 N–H and O–H groups in total. The second kappa shape index (κ2) is 7.54. The van der Waals surface area contributed by atoms with Gasteiger partial charge in [0, 0.05) is 5.92 Å². The van der Waals surface area contributed by atoms with Gasteiger partial charge < -0.3 is 5.11 Å². The van der Waals surface area contributed by atoms with Gasteiger partial charge in [-0.15, -0.1) is 0 Å². The molecule has 1 nitrogen and oxygen atoms in total. The average Bonchev–Trinajstić information content (AvgIpc) is 2.42. The van der Waals surface area contributed by atoms with Crippen LogP contribution in [0, 0.1) is 16.7 Å². The molecule has 2 aliphatic rings. The normalized spacial score (nSPS) is 30.3. The van der Waals surface area contributed by atoms with Crippen molar-refractivity contribution in [3.8, 4) is 0 Å². The maximum Gasteiger partial charge on any atom is 0.0585 e. The van der Waals surface area contributed by atoms with Crippen molar-refractivity contribution in [3.05, 3.63) is 59.2 Å². The second-order valence-corrected chi connectivity index (χ2v) is 9.65. The van der Waals surface area contributed by atoms with E-state index in [1.807, 2.05) is 0 Å². The molecule has 0 aromatic heterocycles. The van der Waals surface area contributed by atoms with Gasteiger partial charge in [0.05, 0.1) is 6.10 Å². The monoisotopic (exact) mass is 344 g/mol. The van der Waals surface area contributed by atoms with Crippen LogP contribution in [-0.4, -0.2) is 11.2 Å². The van der Waals surface area contributed by atoms with Gasteiger partial charge in [0.25, 0.3) is 0 Å². The highest BCUT2D eigenvalue weighted by Crippen LogP contribution is 2.43. The highest BCUT2D eigenvalue weighted by molar-refractivity contribution is 7.45. The van der Waals surface area contributed by atoms with Crippen LogP contribution >= 0.6 is 8.58 Å². The lowest BCUT2D eigenvalue weighted by Gasteiger charge is -2.35. The Hall–Kier alpha value is -0.910. The second-order valence-electron chi connectivity index (χ2n) is 8.65. The van der Waals surface area contributed by atoms with Gasteiger partial charge in [0.1, 0.15) is 0 Å². The topological polar surface area (TPSA) is 20.2 Å². The third-order valence-electron chi connectivity index (χ3n) is 5.43. The molecule has 0 bridgehead atoms. The van der Waals surface area contributed by atoms with Crippen molar-refractivity contribution in [2.75, 3.05) is 0 Å². The quantitative estimate of drug-likeness (QED) is 0.589. The van der Waals surface area contributed by atoms with Gasteiger partial charge >= 0.3 is 0 Å². The zero-order valence-corrected chi connectivity index (χ0v) is 16.9. The van der Waals surface area contributed by atoms with Crippen LogP contribution in [0.3, 0.4) is 0 Å². The van der Waals surface area contributed by atoms with Gasteiger partial charge in [0.2, 0.25) is 0 Å². The highest BCUT2D eigenvalue weighted by Gasteiger charge is 2.31. The molecule has 0 radical (unpaired) electrons. The molecule has 132 valence electrons. The van der Waals surface area contributed by atoms with Gasteiger partial charge in [-0.25, -0.2) is 0 Å². The molecule has 3 atom stereocenters. The molecule has 0 aliphatic heterocycles. The summed E-state index contributed by atoms with van der Waals surface area (Å²) in [7, 11) is 0.683. The summed E-state index contributed by atoms with van der Waals surface area (Å²) in [5.41, 5.74) is 4.28. The predicted octanol–water partition coefficient (Wildman–Crippen LogP) is 6.35. The Labute approximate surface area is 150 Å². The third-order valence-corrected chi connectivity index (χ3v) is 6.17. The zero-order chi connectivity index (χ0) is 18.0. The molecule has 0 saturated carbocycles. The van der Waals surface area contributed by atoms with Crippen LogP contribution in [0.4, 0.5) is 0 Å². The summed E-state index contributed by atoms with van der Waals surface area (Å²) in [6, 6.07) is 0. The molecule has 2 rings (SSSR count). The maximum absolute atomic E-state index is 9.98. The molecule has 0 aromatic rings. The lowest BCUT2D eigenvalue weighted by molar-refractivity contribution is 0.116. The van der Waals surface area contributed by atoms with E-state index in [1.165, 1.54) is 16.7 Å². The van der Waals surface area contributed by atoms with Gasteiger partial charge in [-0.1, -0.05) is 84.4 Å². The first-order valence-corrected chi connectivity index (χ1v) is 10.1. The smallest absolute Gasteiger partial charge is 0.0585 e. The Bertz CT molecular complexity index is 601. The maximum atomic E-state index is 9.98. The minimum Gasteiger partial charge on any atom is -0.393 e. The molecule has 24 heavy (non-hydrogen) atoms. The van der Waals surface area contributed by atoms with E-state index in [1.54, 1.807) is 0 Å². The summed E-state index contributed by atoms with van der Waals surface area (Å²) in [6.07, 6.45) is 11.6. The molecule has 0 fully saturated rings. The van der Waals surface area contributed by atoms with E-state index < -0.39 is 0 Å². The van der Waals surface area contributed by atoms with Crippen LogP contribution in [0.25, 0.3) is 0 Å². The fourth-order valence-electron chi connectivity index (χ4n) is 4.15. The van der Waals surface area contributed by atoms with Gasteiger partial charge in [-0.2, -0.15) is 0 Å². The van der Waals surface area contributed by atoms with Crippen molar-refractivity contribution in [1.29, 1.82) is 0 Å². The number of allylic oxidation sites excluding steroid dienone is 6. The standard InChI is InChI=1S/C22H33OP/c1-16-8-7-11-21(3,4)19(16)9-12-24-13-10-20-17(2)14-18(23)15-22(20,5)6/h7-10,12-13,18-19,23-24H,1,11,14-15H2,2-6H3/b12-9+,13-10+/t18-,19?/m1/s1. The molecule has 2 aliphatic carbocycles. The van der Waals surface area contributed by atoms with Gasteiger partial charge in [-0.05, 0) is 48.2 Å². The van der Waals surface area contributed by atoms with Crippen LogP contribution in [0.2, 0.25) is 0 Å². The van der Waals surface area contributed by atoms with Crippen molar-refractivity contribution in [3.63, 3.8) is 0 Å². The van der Waals surface area contributed by atoms with Crippen LogP contribution in [0.1, 0.15) is 53.9 Å². The first kappa shape index (κ1) is 19.4. The molecule has 2 heteroatoms. The van der Waals surface area contributed by atoms with Crippen molar-refractivity contribution in [1.82, 2.24) is 0 Å². The first-order chi connectivity index (χ1) is 11.1. The SMILES string of the molecule is C=C1C=CCC(C)(C)C1/C=C/P/C=C/C1=C(C)C[C@@H](O)CC1(C)C. The molecule has 0 saturated heterocycles. The summed E-state index contributed by atoms with van der Waals surface area (Å²) in [4.78, 5) is 0. The summed E-state index contributed by atoms with van der Waals surface area (Å²) in [5, 5.41) is 9.98. The number of aliphatic hydroxyl groups excluding tert-OH is 1. The van der Waals surface area contributed by atoms with E-state index in [0.29, 0.717) is 14.5 Å². The molecular weight excluding hydrogens is 311 g/mol. The van der Waals surface area contributed by atoms with Crippen LogP contribution < -0.4 is 0 Å². The van der Waals surface area contributed by atoms with E-state index in [0.717, 1.165) is 19.3 Å². The third kappa shape index (κ3) is 4.58. The van der Waals surface area contributed by atoms with Gasteiger partial charge in [-0.3, -0.25) is 0 Å². The molecule has 0 aromatic carbocycles. The van der Waals surface area contributed by atoms with Crippen molar-refractivity contribution < 1.29 is 5.11 Å². The predicted molar refractivity (Wildman–Crippen MR) is 108 cm³/mol. The van der Waals surface area contributed by atoms with E-state index in [2.05, 4.69) is 77.1 Å². The van der Waals surface area contributed by atoms with Crippen molar-refractivity contribution in [2.24, 2.45) is 16.7 Å². The van der Waals surface area contributed by atoms with E-state index in [4.69, 9.17) is 0 Å². The lowest BCUT2D eigenvalue weighted by atomic mass is 9.70. The van der Waals surface area contributed by atoms with Crippen LogP contribution in [-0.2, 0) is 0 Å². The fraction of sp³-hybridized carbons (Fsp3) is 0.545. The molecule has 2 unspecified atom stereocenters. The summed E-state index contributed by atoms with van der Waals surface area (Å²) < 4.78 is 0. The molecule has 0 spiro atoms. The minimum absolute atomic E-state index is 0.0664. The summed E-state index contributed by atoms with van der Waals surface area (Å²) in [6.45, 7) is 15.5. The summed E-state index contributed by atoms with van der Waals surface area (Å²) in [5.74, 6) is 5.02. The van der Waals surface area contributed by atoms with Crippen molar-refractivity contribution >= 4 is 8.58 Å². The molecular formula is C22H33OP. The Morgan fingerprint density at radius 2 is 1.96 bits per heavy atom. The summed E-state index contributed by atoms with van der Waals surface area (Å²) >= 11 is 0. The van der Waals surface area contributed by atoms with Crippen LogP contribution in [0.15, 0.2) is 59.2 Å². The fourth-order valence-corrected chi connectivity index (χ4v) is 4.83. The van der Waals surface area contributed by atoms with Crippen LogP contribution in [0.5, 0.6) is 0 Å². The molecule has 0 heterocycles. The highest BCUT2D eigenvalue weighted by atomic mass is 31.1. The lowest BCUT2D eigenvalue weighted by Crippen LogP contribution is -2.28. The van der Waals surface area contributed by atoms with Crippen molar-refractivity contribution in [2.45, 2.75) is 60.0 Å². The average molecular weight is 344 g/mol. The van der Waals surface area contributed by atoms with E-state index >= 15 is 0 Å². The van der Waals surface area contributed by atoms with E-state index in [9.17, 15) is 5.11 Å². The van der Waals surface area contributed by atoms with E-state index in [-0.39, 0.29) is 16.9 Å². The Balaban J connectivity index is 2.01. The number of rotatable bonds is 4. The number of hydrogen-bond donors (Lipinski definition) is 1. The zero-order valence-electron chi connectivity index (χ0n) is 15.9. The minimum atomic E-state index is -0.188. The Morgan fingerprint density at radius 1 is 1.25 bits per heavy atom. The van der Waals surface area contributed by atoms with Gasteiger partial charge in [0.15, 0.2) is 0 Å². The molecule has 0 amide bonds. The Kier molecular flexibility index (Phi) is 6.10. The largest absolute Gasteiger partial charge is 0.393 e.